The molecule has 6 rings (SSSR count). The number of carbonyl (C=O) groups is 2. The van der Waals surface area contributed by atoms with Gasteiger partial charge in [-0.15, -0.1) is 11.3 Å². The van der Waals surface area contributed by atoms with Crippen LogP contribution in [0.15, 0.2) is 36.0 Å². The SMILES string of the molecule is O=C1CCC(N2Cc3ccc(CN4CCN(c5ncnc6sccc56)CC4)cc3C2S)C(=O)N1. The molecule has 2 unspecified atom stereocenters. The third-order valence-corrected chi connectivity index (χ3v) is 8.48. The Labute approximate surface area is 207 Å². The van der Waals surface area contributed by atoms with E-state index in [0.717, 1.165) is 48.8 Å². The molecule has 8 nitrogen and oxygen atoms in total. The molecule has 3 aromatic rings. The molecule has 0 aliphatic carbocycles. The third kappa shape index (κ3) is 3.98. The first kappa shape index (κ1) is 22.0. The number of hydrogen-bond donors (Lipinski definition) is 2. The van der Waals surface area contributed by atoms with E-state index in [4.69, 9.17) is 12.6 Å². The monoisotopic (exact) mass is 494 g/mol. The summed E-state index contributed by atoms with van der Waals surface area (Å²) in [7, 11) is 0. The number of rotatable bonds is 4. The van der Waals surface area contributed by atoms with Crippen molar-refractivity contribution in [3.8, 4) is 0 Å². The van der Waals surface area contributed by atoms with Gasteiger partial charge in [0.15, 0.2) is 0 Å². The number of piperidine rings is 1. The molecule has 2 aromatic heterocycles. The van der Waals surface area contributed by atoms with Gasteiger partial charge in [-0.3, -0.25) is 24.7 Å². The number of amides is 2. The van der Waals surface area contributed by atoms with Crippen LogP contribution in [0.25, 0.3) is 10.2 Å². The largest absolute Gasteiger partial charge is 0.353 e. The molecule has 2 atom stereocenters. The molecule has 10 heteroatoms. The second-order valence-electron chi connectivity index (χ2n) is 9.15. The van der Waals surface area contributed by atoms with Gasteiger partial charge in [0.05, 0.1) is 16.8 Å². The smallest absolute Gasteiger partial charge is 0.243 e. The minimum Gasteiger partial charge on any atom is -0.353 e. The first-order valence-electron chi connectivity index (χ1n) is 11.6. The number of benzene rings is 1. The number of hydrogen-bond acceptors (Lipinski definition) is 9. The molecule has 2 amide bonds. The highest BCUT2D eigenvalue weighted by molar-refractivity contribution is 7.80. The molecule has 0 bridgehead atoms. The van der Waals surface area contributed by atoms with Crippen LogP contribution in [-0.4, -0.2) is 63.8 Å². The lowest BCUT2D eigenvalue weighted by molar-refractivity contribution is -0.137. The third-order valence-electron chi connectivity index (χ3n) is 7.08. The second-order valence-corrected chi connectivity index (χ2v) is 10.5. The van der Waals surface area contributed by atoms with Crippen LogP contribution in [0.2, 0.25) is 0 Å². The fourth-order valence-electron chi connectivity index (χ4n) is 5.27. The maximum atomic E-state index is 12.4. The van der Waals surface area contributed by atoms with E-state index in [0.29, 0.717) is 19.4 Å². The van der Waals surface area contributed by atoms with Crippen LogP contribution in [0.1, 0.15) is 34.9 Å². The zero-order valence-electron chi connectivity index (χ0n) is 18.7. The van der Waals surface area contributed by atoms with Gasteiger partial charge in [0.1, 0.15) is 17.0 Å². The highest BCUT2D eigenvalue weighted by atomic mass is 32.1. The second kappa shape index (κ2) is 8.92. The number of nitrogens with one attached hydrogen (secondary N) is 1. The molecule has 2 fully saturated rings. The predicted octanol–water partition coefficient (Wildman–Crippen LogP) is 2.56. The number of nitrogens with zero attached hydrogens (tertiary/aromatic N) is 5. The molecular formula is C24H26N6O2S2. The zero-order chi connectivity index (χ0) is 23.2. The summed E-state index contributed by atoms with van der Waals surface area (Å²) < 4.78 is 0. The first-order chi connectivity index (χ1) is 16.6. The molecule has 3 aliphatic rings. The van der Waals surface area contributed by atoms with Crippen LogP contribution in [0.3, 0.4) is 0 Å². The van der Waals surface area contributed by atoms with Gasteiger partial charge in [-0.05, 0) is 34.6 Å². The lowest BCUT2D eigenvalue weighted by Gasteiger charge is -2.35. The number of fused-ring (bicyclic) bond motifs is 2. The van der Waals surface area contributed by atoms with Gasteiger partial charge in [-0.2, -0.15) is 12.6 Å². The van der Waals surface area contributed by atoms with Crippen molar-refractivity contribution in [2.45, 2.75) is 37.3 Å². The van der Waals surface area contributed by atoms with E-state index < -0.39 is 0 Å². The Balaban J connectivity index is 1.10. The van der Waals surface area contributed by atoms with Crippen LogP contribution in [-0.2, 0) is 22.7 Å². The van der Waals surface area contributed by atoms with Crippen LogP contribution in [0, 0.1) is 0 Å². The number of thiophene rings is 1. The fraction of sp³-hybridized carbons (Fsp3) is 0.417. The highest BCUT2D eigenvalue weighted by Gasteiger charge is 2.39. The molecule has 34 heavy (non-hydrogen) atoms. The molecule has 0 spiro atoms. The quantitative estimate of drug-likeness (QED) is 0.426. The van der Waals surface area contributed by atoms with Crippen molar-refractivity contribution in [2.75, 3.05) is 31.1 Å². The van der Waals surface area contributed by atoms with Crippen LogP contribution >= 0.6 is 24.0 Å². The van der Waals surface area contributed by atoms with E-state index >= 15 is 0 Å². The molecule has 1 N–H and O–H groups in total. The van der Waals surface area contributed by atoms with E-state index in [1.807, 2.05) is 0 Å². The summed E-state index contributed by atoms with van der Waals surface area (Å²) in [5.74, 6) is 0.648. The minimum absolute atomic E-state index is 0.137. The number of imide groups is 1. The molecule has 0 radical (unpaired) electrons. The van der Waals surface area contributed by atoms with Crippen molar-refractivity contribution in [1.29, 1.82) is 0 Å². The summed E-state index contributed by atoms with van der Waals surface area (Å²) in [5.41, 5.74) is 3.64. The van der Waals surface area contributed by atoms with E-state index in [9.17, 15) is 9.59 Å². The number of aromatic nitrogens is 2. The Morgan fingerprint density at radius 1 is 1.12 bits per heavy atom. The number of carbonyl (C=O) groups excluding carboxylic acids is 2. The van der Waals surface area contributed by atoms with Gasteiger partial charge in [0, 0.05) is 45.7 Å². The maximum Gasteiger partial charge on any atom is 0.243 e. The van der Waals surface area contributed by atoms with Crippen molar-refractivity contribution >= 4 is 51.8 Å². The van der Waals surface area contributed by atoms with Crippen molar-refractivity contribution < 1.29 is 9.59 Å². The van der Waals surface area contributed by atoms with Gasteiger partial charge in [0.25, 0.3) is 0 Å². The molecule has 2 saturated heterocycles. The van der Waals surface area contributed by atoms with Gasteiger partial charge in [0.2, 0.25) is 11.8 Å². The average Bonchev–Trinajstić information content (AvgIpc) is 3.45. The summed E-state index contributed by atoms with van der Waals surface area (Å²) in [6.45, 7) is 5.39. The van der Waals surface area contributed by atoms with E-state index in [-0.39, 0.29) is 23.2 Å². The molecule has 1 aromatic carbocycles. The number of thiol groups is 1. The van der Waals surface area contributed by atoms with Crippen LogP contribution in [0.4, 0.5) is 5.82 Å². The fourth-order valence-corrected chi connectivity index (χ4v) is 6.48. The van der Waals surface area contributed by atoms with Gasteiger partial charge in [-0.25, -0.2) is 9.97 Å². The Hall–Kier alpha value is -2.53. The van der Waals surface area contributed by atoms with E-state index in [2.05, 4.69) is 59.6 Å². The van der Waals surface area contributed by atoms with Gasteiger partial charge < -0.3 is 4.90 Å². The van der Waals surface area contributed by atoms with Crippen molar-refractivity contribution in [3.63, 3.8) is 0 Å². The predicted molar refractivity (Wildman–Crippen MR) is 135 cm³/mol. The molecule has 5 heterocycles. The summed E-state index contributed by atoms with van der Waals surface area (Å²) in [6, 6.07) is 8.41. The molecule has 3 aliphatic heterocycles. The Bertz CT molecular complexity index is 1260. The topological polar surface area (TPSA) is 81.7 Å². The van der Waals surface area contributed by atoms with Crippen molar-refractivity contribution in [2.24, 2.45) is 0 Å². The standard InChI is InChI=1S/C24H26N6O2S2/c31-20-4-3-19(22(32)27-20)30-13-16-2-1-15(11-18(16)24(30)33)12-28-6-8-29(9-7-28)21-17-5-10-34-23(17)26-14-25-21/h1-2,5,10-11,14,19,24,33H,3-4,6-9,12-13H2,(H,27,31,32). The van der Waals surface area contributed by atoms with E-state index in [1.54, 1.807) is 17.7 Å². The normalized spacial score (nSPS) is 24.0. The minimum atomic E-state index is -0.305. The Morgan fingerprint density at radius 3 is 2.79 bits per heavy atom. The Morgan fingerprint density at radius 2 is 1.97 bits per heavy atom. The summed E-state index contributed by atoms with van der Waals surface area (Å²) in [6.07, 6.45) is 2.60. The van der Waals surface area contributed by atoms with Gasteiger partial charge in [-0.1, -0.05) is 18.2 Å². The molecule has 176 valence electrons. The number of piperazine rings is 1. The summed E-state index contributed by atoms with van der Waals surface area (Å²) in [5, 5.41) is 5.55. The van der Waals surface area contributed by atoms with Crippen LogP contribution in [0.5, 0.6) is 0 Å². The van der Waals surface area contributed by atoms with Crippen molar-refractivity contribution in [3.05, 3.63) is 52.7 Å². The number of anilines is 1. The lowest BCUT2D eigenvalue weighted by atomic mass is 10.0. The first-order valence-corrected chi connectivity index (χ1v) is 13.0. The molecule has 0 saturated carbocycles. The van der Waals surface area contributed by atoms with E-state index in [1.165, 1.54) is 16.7 Å². The van der Waals surface area contributed by atoms with Crippen LogP contribution < -0.4 is 10.2 Å². The Kier molecular flexibility index (Phi) is 5.76. The summed E-state index contributed by atoms with van der Waals surface area (Å²) >= 11 is 6.51. The zero-order valence-corrected chi connectivity index (χ0v) is 20.4. The molecular weight excluding hydrogens is 468 g/mol. The summed E-state index contributed by atoms with van der Waals surface area (Å²) in [4.78, 5) is 40.8. The lowest BCUT2D eigenvalue weighted by Crippen LogP contribution is -2.51. The van der Waals surface area contributed by atoms with Crippen molar-refractivity contribution in [1.82, 2.24) is 25.1 Å². The van der Waals surface area contributed by atoms with Gasteiger partial charge >= 0.3 is 0 Å². The highest BCUT2D eigenvalue weighted by Crippen LogP contribution is 2.39. The average molecular weight is 495 g/mol. The maximum absolute atomic E-state index is 12.4.